The molecule has 0 aliphatic heterocycles. The first kappa shape index (κ1) is 10.6. The summed E-state index contributed by atoms with van der Waals surface area (Å²) in [6.45, 7) is 2.15. The highest BCUT2D eigenvalue weighted by molar-refractivity contribution is 9.10. The van der Waals surface area contributed by atoms with Crippen LogP contribution >= 0.6 is 27.3 Å². The maximum atomic E-state index is 5.64. The molecule has 15 heavy (non-hydrogen) atoms. The Kier molecular flexibility index (Phi) is 3.07. The van der Waals surface area contributed by atoms with Gasteiger partial charge < -0.3 is 5.73 Å². The minimum atomic E-state index is 0.620. The average molecular weight is 283 g/mol. The van der Waals surface area contributed by atoms with E-state index in [-0.39, 0.29) is 0 Å². The summed E-state index contributed by atoms with van der Waals surface area (Å²) in [7, 11) is 0. The topological polar surface area (TPSA) is 38.9 Å². The molecule has 0 radical (unpaired) electrons. The molecule has 0 unspecified atom stereocenters. The van der Waals surface area contributed by atoms with Crippen LogP contribution in [0.1, 0.15) is 12.5 Å². The molecule has 2 rings (SSSR count). The van der Waals surface area contributed by atoms with Crippen molar-refractivity contribution < 1.29 is 0 Å². The number of anilines is 1. The number of rotatable bonds is 2. The van der Waals surface area contributed by atoms with E-state index < -0.39 is 0 Å². The van der Waals surface area contributed by atoms with Gasteiger partial charge in [-0.3, -0.25) is 0 Å². The number of halogens is 1. The second kappa shape index (κ2) is 4.33. The predicted molar refractivity (Wildman–Crippen MR) is 69.0 cm³/mol. The van der Waals surface area contributed by atoms with E-state index in [1.54, 1.807) is 0 Å². The van der Waals surface area contributed by atoms with Crippen molar-refractivity contribution in [3.8, 4) is 10.4 Å². The van der Waals surface area contributed by atoms with Crippen molar-refractivity contribution in [3.63, 3.8) is 0 Å². The molecule has 0 saturated heterocycles. The zero-order valence-corrected chi connectivity index (χ0v) is 10.7. The Morgan fingerprint density at radius 3 is 2.87 bits per heavy atom. The molecule has 0 spiro atoms. The third kappa shape index (κ3) is 2.21. The van der Waals surface area contributed by atoms with E-state index in [9.17, 15) is 0 Å². The van der Waals surface area contributed by atoms with Gasteiger partial charge in [0.25, 0.3) is 0 Å². The highest BCUT2D eigenvalue weighted by Crippen LogP contribution is 2.31. The molecule has 78 valence electrons. The summed E-state index contributed by atoms with van der Waals surface area (Å²) in [5, 5.41) is 0.620. The monoisotopic (exact) mass is 282 g/mol. The van der Waals surface area contributed by atoms with Crippen LogP contribution in [0, 0.1) is 0 Å². The molecule has 0 atom stereocenters. The van der Waals surface area contributed by atoms with Gasteiger partial charge in [0.1, 0.15) is 0 Å². The molecule has 2 N–H and O–H groups in total. The summed E-state index contributed by atoms with van der Waals surface area (Å²) in [6.07, 6.45) is 2.84. The molecule has 1 aromatic carbocycles. The number of thiazole rings is 1. The van der Waals surface area contributed by atoms with Gasteiger partial charge >= 0.3 is 0 Å². The summed E-state index contributed by atoms with van der Waals surface area (Å²) in [6, 6.07) is 6.30. The fraction of sp³-hybridized carbons (Fsp3) is 0.182. The average Bonchev–Trinajstić information content (AvgIpc) is 2.64. The van der Waals surface area contributed by atoms with Crippen LogP contribution in [0.3, 0.4) is 0 Å². The van der Waals surface area contributed by atoms with E-state index >= 15 is 0 Å². The minimum absolute atomic E-state index is 0.620. The Hall–Kier alpha value is -0.870. The fourth-order valence-electron chi connectivity index (χ4n) is 1.51. The van der Waals surface area contributed by atoms with Gasteiger partial charge in [-0.15, -0.1) is 0 Å². The highest BCUT2D eigenvalue weighted by atomic mass is 79.9. The van der Waals surface area contributed by atoms with Crippen LogP contribution in [0.4, 0.5) is 5.13 Å². The lowest BCUT2D eigenvalue weighted by Crippen LogP contribution is -1.85. The molecule has 0 aliphatic rings. The Labute approximate surface area is 101 Å². The lowest BCUT2D eigenvalue weighted by molar-refractivity contribution is 1.14. The quantitative estimate of drug-likeness (QED) is 0.912. The third-order valence-corrected chi connectivity index (χ3v) is 3.59. The van der Waals surface area contributed by atoms with Crippen LogP contribution in [0.15, 0.2) is 28.9 Å². The number of benzene rings is 1. The van der Waals surface area contributed by atoms with Crippen molar-refractivity contribution in [2.75, 3.05) is 5.73 Å². The standard InChI is InChI=1S/C11H11BrN2S/c1-2-7-5-8(12)3-4-9(7)10-6-14-11(13)15-10/h3-6H,2H2,1H3,(H2,13,14). The number of aromatic nitrogens is 1. The Balaban J connectivity index is 2.52. The second-order valence-corrected chi connectivity index (χ2v) is 5.20. The number of nitrogens with zero attached hydrogens (tertiary/aromatic N) is 1. The number of hydrogen-bond donors (Lipinski definition) is 1. The van der Waals surface area contributed by atoms with Crippen molar-refractivity contribution in [1.82, 2.24) is 4.98 Å². The van der Waals surface area contributed by atoms with Crippen LogP contribution in [-0.2, 0) is 6.42 Å². The number of nitrogens with two attached hydrogens (primary N) is 1. The van der Waals surface area contributed by atoms with Crippen LogP contribution < -0.4 is 5.73 Å². The van der Waals surface area contributed by atoms with E-state index in [0.29, 0.717) is 5.13 Å². The number of aryl methyl sites for hydroxylation is 1. The molecule has 2 aromatic rings. The maximum absolute atomic E-state index is 5.64. The van der Waals surface area contributed by atoms with Crippen molar-refractivity contribution in [2.24, 2.45) is 0 Å². The van der Waals surface area contributed by atoms with Gasteiger partial charge in [-0.2, -0.15) is 0 Å². The first-order chi connectivity index (χ1) is 7.20. The van der Waals surface area contributed by atoms with Crippen molar-refractivity contribution >= 4 is 32.4 Å². The van der Waals surface area contributed by atoms with Gasteiger partial charge in [-0.05, 0) is 29.7 Å². The largest absolute Gasteiger partial charge is 0.375 e. The third-order valence-electron chi connectivity index (χ3n) is 2.24. The minimum Gasteiger partial charge on any atom is -0.375 e. The molecule has 0 aliphatic carbocycles. The maximum Gasteiger partial charge on any atom is 0.180 e. The zero-order valence-electron chi connectivity index (χ0n) is 8.33. The SMILES string of the molecule is CCc1cc(Br)ccc1-c1cnc(N)s1. The molecule has 0 bridgehead atoms. The lowest BCUT2D eigenvalue weighted by atomic mass is 10.0. The summed E-state index contributed by atoms with van der Waals surface area (Å²) in [4.78, 5) is 5.21. The van der Waals surface area contributed by atoms with Crippen LogP contribution in [0.2, 0.25) is 0 Å². The predicted octanol–water partition coefficient (Wildman–Crippen LogP) is 3.72. The Bertz CT molecular complexity index is 479. The Morgan fingerprint density at radius 2 is 2.27 bits per heavy atom. The van der Waals surface area contributed by atoms with Gasteiger partial charge in [0.2, 0.25) is 0 Å². The van der Waals surface area contributed by atoms with Gasteiger partial charge in [0, 0.05) is 10.7 Å². The smallest absolute Gasteiger partial charge is 0.180 e. The Morgan fingerprint density at radius 1 is 1.47 bits per heavy atom. The molecule has 2 nitrogen and oxygen atoms in total. The lowest BCUT2D eigenvalue weighted by Gasteiger charge is -2.05. The number of hydrogen-bond acceptors (Lipinski definition) is 3. The van der Waals surface area contributed by atoms with Crippen LogP contribution in [0.25, 0.3) is 10.4 Å². The van der Waals surface area contributed by atoms with Gasteiger partial charge in [-0.1, -0.05) is 40.3 Å². The number of nitrogen functional groups attached to an aromatic ring is 1. The molecule has 1 aromatic heterocycles. The van der Waals surface area contributed by atoms with Gasteiger partial charge in [-0.25, -0.2) is 4.98 Å². The summed E-state index contributed by atoms with van der Waals surface area (Å²) in [5.74, 6) is 0. The van der Waals surface area contributed by atoms with Gasteiger partial charge in [0.15, 0.2) is 5.13 Å². The normalized spacial score (nSPS) is 10.5. The summed E-state index contributed by atoms with van der Waals surface area (Å²) in [5.41, 5.74) is 8.18. The molecule has 0 saturated carbocycles. The molecule has 4 heteroatoms. The van der Waals surface area contributed by atoms with E-state index in [4.69, 9.17) is 5.73 Å². The van der Waals surface area contributed by atoms with E-state index in [1.807, 2.05) is 12.3 Å². The molecular formula is C11H11BrN2S. The summed E-state index contributed by atoms with van der Waals surface area (Å²) >= 11 is 5.01. The van der Waals surface area contributed by atoms with Crippen molar-refractivity contribution in [1.29, 1.82) is 0 Å². The molecule has 0 amide bonds. The van der Waals surface area contributed by atoms with E-state index in [2.05, 4.69) is 40.0 Å². The van der Waals surface area contributed by atoms with E-state index in [1.165, 1.54) is 22.5 Å². The van der Waals surface area contributed by atoms with Gasteiger partial charge in [0.05, 0.1) is 4.88 Å². The highest BCUT2D eigenvalue weighted by Gasteiger charge is 2.07. The second-order valence-electron chi connectivity index (χ2n) is 3.22. The van der Waals surface area contributed by atoms with Crippen LogP contribution in [-0.4, -0.2) is 4.98 Å². The first-order valence-corrected chi connectivity index (χ1v) is 6.31. The molecular weight excluding hydrogens is 272 g/mol. The van der Waals surface area contributed by atoms with Crippen LogP contribution in [0.5, 0.6) is 0 Å². The first-order valence-electron chi connectivity index (χ1n) is 4.71. The van der Waals surface area contributed by atoms with Crippen molar-refractivity contribution in [3.05, 3.63) is 34.4 Å². The summed E-state index contributed by atoms with van der Waals surface area (Å²) < 4.78 is 1.11. The van der Waals surface area contributed by atoms with Crippen molar-refractivity contribution in [2.45, 2.75) is 13.3 Å². The zero-order chi connectivity index (χ0) is 10.8. The molecule has 0 fully saturated rings. The van der Waals surface area contributed by atoms with E-state index in [0.717, 1.165) is 15.8 Å². The molecule has 1 heterocycles. The fourth-order valence-corrected chi connectivity index (χ4v) is 2.66.